The molecular formula is C21H43N3O5. The van der Waals surface area contributed by atoms with Gasteiger partial charge in [0.05, 0.1) is 53.0 Å². The van der Waals surface area contributed by atoms with Gasteiger partial charge in [0.1, 0.15) is 0 Å². The molecule has 0 radical (unpaired) electrons. The van der Waals surface area contributed by atoms with Crippen molar-refractivity contribution in [2.45, 2.75) is 26.2 Å². The zero-order valence-corrected chi connectivity index (χ0v) is 18.7. The molecule has 0 amide bonds. The minimum Gasteiger partial charge on any atom is -0.379 e. The van der Waals surface area contributed by atoms with Crippen molar-refractivity contribution < 1.29 is 23.7 Å². The molecule has 1 aliphatic rings. The van der Waals surface area contributed by atoms with E-state index in [4.69, 9.17) is 23.7 Å². The van der Waals surface area contributed by atoms with Gasteiger partial charge in [-0.15, -0.1) is 0 Å². The maximum Gasteiger partial charge on any atom is 0.0991 e. The number of ether oxygens (including phenoxy) is 5. The highest BCUT2D eigenvalue weighted by molar-refractivity contribution is 5.53. The second kappa shape index (κ2) is 20.7. The average Bonchev–Trinajstić information content (AvgIpc) is 2.72. The monoisotopic (exact) mass is 417 g/mol. The molecule has 0 spiro atoms. The van der Waals surface area contributed by atoms with Gasteiger partial charge in [-0.05, 0) is 39.4 Å². The summed E-state index contributed by atoms with van der Waals surface area (Å²) >= 11 is 0. The lowest BCUT2D eigenvalue weighted by Gasteiger charge is -2.22. The van der Waals surface area contributed by atoms with Crippen molar-refractivity contribution in [2.24, 2.45) is 4.99 Å². The van der Waals surface area contributed by atoms with Crippen molar-refractivity contribution in [3.63, 3.8) is 0 Å². The molecule has 0 saturated carbocycles. The zero-order valence-electron chi connectivity index (χ0n) is 18.7. The Morgan fingerprint density at radius 1 is 0.793 bits per heavy atom. The molecule has 1 saturated heterocycles. The highest BCUT2D eigenvalue weighted by Gasteiger charge is 2.06. The summed E-state index contributed by atoms with van der Waals surface area (Å²) in [7, 11) is 2.11. The van der Waals surface area contributed by atoms with E-state index in [1.54, 1.807) is 0 Å². The summed E-state index contributed by atoms with van der Waals surface area (Å²) in [5.74, 6) is 0. The molecule has 172 valence electrons. The van der Waals surface area contributed by atoms with E-state index in [2.05, 4.69) is 21.8 Å². The Kier molecular flexibility index (Phi) is 18.8. The molecule has 1 rings (SSSR count). The minimum absolute atomic E-state index is 0.616. The third-order valence-electron chi connectivity index (χ3n) is 4.54. The SMILES string of the molecule is CC=NCCCOCN1CCCOCCOCCCN(C)CCOCCOCC1. The van der Waals surface area contributed by atoms with E-state index in [-0.39, 0.29) is 0 Å². The van der Waals surface area contributed by atoms with Gasteiger partial charge >= 0.3 is 0 Å². The normalized spacial score (nSPS) is 22.0. The molecule has 1 fully saturated rings. The van der Waals surface area contributed by atoms with Gasteiger partial charge < -0.3 is 28.6 Å². The minimum atomic E-state index is 0.616. The third-order valence-corrected chi connectivity index (χ3v) is 4.54. The van der Waals surface area contributed by atoms with Crippen LogP contribution in [0.4, 0.5) is 0 Å². The maximum atomic E-state index is 5.80. The first-order valence-electron chi connectivity index (χ1n) is 11.1. The molecule has 0 atom stereocenters. The van der Waals surface area contributed by atoms with Crippen LogP contribution in [0.15, 0.2) is 4.99 Å². The fraction of sp³-hybridized carbons (Fsp3) is 0.952. The van der Waals surface area contributed by atoms with Gasteiger partial charge in [0.15, 0.2) is 0 Å². The van der Waals surface area contributed by atoms with Gasteiger partial charge in [0.25, 0.3) is 0 Å². The lowest BCUT2D eigenvalue weighted by atomic mass is 10.4. The van der Waals surface area contributed by atoms with Crippen LogP contribution in [0.3, 0.4) is 0 Å². The summed E-state index contributed by atoms with van der Waals surface area (Å²) in [6.07, 6.45) is 4.78. The van der Waals surface area contributed by atoms with Gasteiger partial charge in [0.2, 0.25) is 0 Å². The Hall–Kier alpha value is -0.610. The smallest absolute Gasteiger partial charge is 0.0991 e. The van der Waals surface area contributed by atoms with Crippen molar-refractivity contribution in [1.29, 1.82) is 0 Å². The number of rotatable bonds is 6. The van der Waals surface area contributed by atoms with Crippen molar-refractivity contribution in [1.82, 2.24) is 9.80 Å². The molecule has 8 nitrogen and oxygen atoms in total. The number of hydrogen-bond donors (Lipinski definition) is 0. The van der Waals surface area contributed by atoms with E-state index in [0.717, 1.165) is 78.4 Å². The molecule has 0 aromatic rings. The molecule has 0 unspecified atom stereocenters. The summed E-state index contributed by atoms with van der Waals surface area (Å²) < 4.78 is 28.5. The van der Waals surface area contributed by atoms with E-state index >= 15 is 0 Å². The molecule has 8 heteroatoms. The first-order chi connectivity index (χ1) is 14.3. The molecule has 1 heterocycles. The number of likely N-dealkylation sites (N-methyl/N-ethyl adjacent to an activating group) is 1. The number of nitrogens with zero attached hydrogens (tertiary/aromatic N) is 3. The Morgan fingerprint density at radius 3 is 2.10 bits per heavy atom. The third kappa shape index (κ3) is 17.9. The molecule has 0 N–H and O–H groups in total. The number of hydrogen-bond acceptors (Lipinski definition) is 8. The van der Waals surface area contributed by atoms with E-state index in [9.17, 15) is 0 Å². The lowest BCUT2D eigenvalue weighted by Crippen LogP contribution is -2.32. The second-order valence-electron chi connectivity index (χ2n) is 7.13. The Labute approximate surface area is 177 Å². The highest BCUT2D eigenvalue weighted by atomic mass is 16.5. The molecule has 29 heavy (non-hydrogen) atoms. The van der Waals surface area contributed by atoms with E-state index in [0.29, 0.717) is 39.8 Å². The van der Waals surface area contributed by atoms with E-state index in [1.165, 1.54) is 0 Å². The maximum absolute atomic E-state index is 5.80. The largest absolute Gasteiger partial charge is 0.379 e. The average molecular weight is 418 g/mol. The zero-order chi connectivity index (χ0) is 20.8. The first-order valence-corrected chi connectivity index (χ1v) is 11.1. The van der Waals surface area contributed by atoms with Crippen molar-refractivity contribution in [3.8, 4) is 0 Å². The van der Waals surface area contributed by atoms with Crippen LogP contribution in [0.25, 0.3) is 0 Å². The predicted molar refractivity (Wildman–Crippen MR) is 116 cm³/mol. The topological polar surface area (TPSA) is 65.0 Å². The van der Waals surface area contributed by atoms with Crippen molar-refractivity contribution in [2.75, 3.05) is 106 Å². The van der Waals surface area contributed by atoms with Crippen LogP contribution in [-0.4, -0.2) is 122 Å². The van der Waals surface area contributed by atoms with Crippen LogP contribution in [0.5, 0.6) is 0 Å². The van der Waals surface area contributed by atoms with Gasteiger partial charge in [0, 0.05) is 45.9 Å². The van der Waals surface area contributed by atoms with Crippen LogP contribution < -0.4 is 0 Å². The quantitative estimate of drug-likeness (QED) is 0.480. The highest BCUT2D eigenvalue weighted by Crippen LogP contribution is 1.97. The molecule has 1 aliphatic heterocycles. The van der Waals surface area contributed by atoms with Crippen molar-refractivity contribution >= 4 is 6.21 Å². The first kappa shape index (κ1) is 26.4. The predicted octanol–water partition coefficient (Wildman–Crippen LogP) is 1.54. The Bertz CT molecular complexity index is 374. The van der Waals surface area contributed by atoms with Crippen molar-refractivity contribution in [3.05, 3.63) is 0 Å². The Balaban J connectivity index is 2.26. The van der Waals surface area contributed by atoms with Crippen LogP contribution in [0.1, 0.15) is 26.2 Å². The second-order valence-corrected chi connectivity index (χ2v) is 7.13. The Morgan fingerprint density at radius 2 is 1.41 bits per heavy atom. The van der Waals surface area contributed by atoms with Gasteiger partial charge in [-0.2, -0.15) is 0 Å². The van der Waals surface area contributed by atoms with Gasteiger partial charge in [-0.1, -0.05) is 0 Å². The molecule has 0 aliphatic carbocycles. The summed E-state index contributed by atoms with van der Waals surface area (Å²) in [6, 6.07) is 0. The van der Waals surface area contributed by atoms with Crippen LogP contribution >= 0.6 is 0 Å². The summed E-state index contributed by atoms with van der Waals surface area (Å²) in [5.41, 5.74) is 0. The van der Waals surface area contributed by atoms with Gasteiger partial charge in [-0.3, -0.25) is 9.89 Å². The van der Waals surface area contributed by atoms with Crippen LogP contribution in [0, 0.1) is 0 Å². The fourth-order valence-corrected chi connectivity index (χ4v) is 2.82. The summed E-state index contributed by atoms with van der Waals surface area (Å²) in [4.78, 5) is 8.75. The lowest BCUT2D eigenvalue weighted by molar-refractivity contribution is -0.00825. The van der Waals surface area contributed by atoms with Gasteiger partial charge in [-0.25, -0.2) is 0 Å². The molecule has 0 aromatic carbocycles. The van der Waals surface area contributed by atoms with Crippen LogP contribution in [0.2, 0.25) is 0 Å². The fourth-order valence-electron chi connectivity index (χ4n) is 2.82. The standard InChI is InChI=1S/C21H43N3O5/c1-3-22-7-4-12-29-21-24-9-6-14-26-18-17-25-13-5-8-23(2)10-15-27-19-20-28-16-11-24/h3H,4-21H2,1-2H3. The summed E-state index contributed by atoms with van der Waals surface area (Å²) in [6.45, 7) is 13.3. The number of aliphatic imine (C=N–C) groups is 1. The molecular weight excluding hydrogens is 374 g/mol. The van der Waals surface area contributed by atoms with E-state index < -0.39 is 0 Å². The van der Waals surface area contributed by atoms with E-state index in [1.807, 2.05) is 13.1 Å². The molecule has 0 bridgehead atoms. The van der Waals surface area contributed by atoms with Crippen LogP contribution in [-0.2, 0) is 23.7 Å². The molecule has 0 aromatic heterocycles. The summed E-state index contributed by atoms with van der Waals surface area (Å²) in [5, 5.41) is 0.